The molecule has 0 bridgehead atoms. The normalized spacial score (nSPS) is 10.6. The first kappa shape index (κ1) is 15.7. The van der Waals surface area contributed by atoms with Crippen LogP contribution in [-0.2, 0) is 12.2 Å². The van der Waals surface area contributed by atoms with Crippen LogP contribution in [0.3, 0.4) is 0 Å². The van der Waals surface area contributed by atoms with Crippen molar-refractivity contribution in [3.05, 3.63) is 44.0 Å². The predicted octanol–water partition coefficient (Wildman–Crippen LogP) is 1.68. The van der Waals surface area contributed by atoms with Gasteiger partial charge in [-0.05, 0) is 18.6 Å². The molecule has 4 N–H and O–H groups in total. The van der Waals surface area contributed by atoms with Crippen molar-refractivity contribution in [2.75, 3.05) is 0 Å². The average Bonchev–Trinajstić information content (AvgIpc) is 2.93. The number of hydrogen-bond donors (Lipinski definition) is 3. The maximum Gasteiger partial charge on any atom is 0.275 e. The molecular weight excluding hydrogens is 308 g/mol. The molecule has 0 radical (unpaired) electrons. The summed E-state index contributed by atoms with van der Waals surface area (Å²) in [5.74, 6) is 5.43. The monoisotopic (exact) mass is 324 g/mol. The molecule has 0 aliphatic rings. The highest BCUT2D eigenvalue weighted by molar-refractivity contribution is 7.98. The Labute approximate surface area is 130 Å². The maximum atomic E-state index is 11.6. The smallest absolute Gasteiger partial charge is 0.275 e. The number of H-pyrrole nitrogens is 1. The summed E-state index contributed by atoms with van der Waals surface area (Å²) >= 11 is 2.81. The van der Waals surface area contributed by atoms with E-state index >= 15 is 0 Å². The van der Waals surface area contributed by atoms with Crippen LogP contribution in [0.5, 0.6) is 0 Å². The minimum Gasteiger partial charge on any atom is -0.301 e. The number of aryl methyl sites for hydroxylation is 1. The van der Waals surface area contributed by atoms with E-state index in [1.807, 2.05) is 13.0 Å². The number of carbonyl (C=O) groups is 1. The number of aromatic nitrogens is 2. The summed E-state index contributed by atoms with van der Waals surface area (Å²) in [6.45, 7) is 2.05. The van der Waals surface area contributed by atoms with E-state index in [1.165, 1.54) is 29.2 Å². The van der Waals surface area contributed by atoms with Crippen molar-refractivity contribution in [1.29, 1.82) is 0 Å². The van der Waals surface area contributed by atoms with E-state index in [-0.39, 0.29) is 11.5 Å². The Hall–Kier alpha value is -1.64. The molecule has 0 saturated carbocycles. The van der Waals surface area contributed by atoms with Crippen molar-refractivity contribution in [3.63, 3.8) is 0 Å². The van der Waals surface area contributed by atoms with Crippen molar-refractivity contribution in [2.45, 2.75) is 30.7 Å². The van der Waals surface area contributed by atoms with E-state index < -0.39 is 0 Å². The molecule has 0 aliphatic heterocycles. The summed E-state index contributed by atoms with van der Waals surface area (Å²) in [6.07, 6.45) is 1.74. The number of nitrogen functional groups attached to an aromatic ring is 1. The van der Waals surface area contributed by atoms with Crippen LogP contribution in [0.4, 0.5) is 0 Å². The number of nitrogens with two attached hydrogens (primary N) is 1. The molecule has 0 aromatic carbocycles. The maximum absolute atomic E-state index is 11.6. The van der Waals surface area contributed by atoms with Gasteiger partial charge in [-0.1, -0.05) is 25.1 Å². The highest BCUT2D eigenvalue weighted by Gasteiger charge is 2.08. The van der Waals surface area contributed by atoms with Gasteiger partial charge in [-0.15, -0.1) is 11.3 Å². The Morgan fingerprint density at radius 3 is 3.05 bits per heavy atom. The Morgan fingerprint density at radius 1 is 1.52 bits per heavy atom. The molecule has 0 fully saturated rings. The highest BCUT2D eigenvalue weighted by atomic mass is 32.2. The summed E-state index contributed by atoms with van der Waals surface area (Å²) in [5, 5.41) is 0.601. The van der Waals surface area contributed by atoms with E-state index in [9.17, 15) is 9.59 Å². The van der Waals surface area contributed by atoms with Gasteiger partial charge in [-0.2, -0.15) is 0 Å². The van der Waals surface area contributed by atoms with Gasteiger partial charge >= 0.3 is 0 Å². The standard InChI is InChI=1S/C13H16N4O2S2/c1-2-3-8-6-11(18)16-13(15-8)20-7-9-4-5-10(21-9)12(19)17-14/h4-6H,2-3,7,14H2,1H3,(H,17,19)(H,15,16,18). The third-order valence-corrected chi connectivity index (χ3v) is 4.84. The fourth-order valence-electron chi connectivity index (χ4n) is 1.72. The lowest BCUT2D eigenvalue weighted by Gasteiger charge is -2.02. The molecule has 0 saturated heterocycles. The fourth-order valence-corrected chi connectivity index (χ4v) is 3.57. The SMILES string of the molecule is CCCc1cc(=O)[nH]c(SCc2ccc(C(=O)NN)s2)n1. The van der Waals surface area contributed by atoms with Crippen molar-refractivity contribution in [3.8, 4) is 0 Å². The number of aromatic amines is 1. The number of rotatable bonds is 6. The fraction of sp³-hybridized carbons (Fsp3) is 0.308. The largest absolute Gasteiger partial charge is 0.301 e. The molecule has 21 heavy (non-hydrogen) atoms. The topological polar surface area (TPSA) is 101 Å². The molecule has 112 valence electrons. The Morgan fingerprint density at radius 2 is 2.33 bits per heavy atom. The van der Waals surface area contributed by atoms with Crippen molar-refractivity contribution >= 4 is 29.0 Å². The van der Waals surface area contributed by atoms with Crippen LogP contribution in [0, 0.1) is 0 Å². The van der Waals surface area contributed by atoms with Gasteiger partial charge < -0.3 is 4.98 Å². The predicted molar refractivity (Wildman–Crippen MR) is 84.4 cm³/mol. The van der Waals surface area contributed by atoms with Crippen LogP contribution >= 0.6 is 23.1 Å². The van der Waals surface area contributed by atoms with E-state index in [0.29, 0.717) is 15.8 Å². The number of nitrogens with one attached hydrogen (secondary N) is 2. The van der Waals surface area contributed by atoms with E-state index in [2.05, 4.69) is 15.4 Å². The van der Waals surface area contributed by atoms with Crippen LogP contribution in [0.15, 0.2) is 28.2 Å². The first-order valence-corrected chi connectivity index (χ1v) is 8.25. The van der Waals surface area contributed by atoms with Crippen LogP contribution in [0.25, 0.3) is 0 Å². The van der Waals surface area contributed by atoms with Gasteiger partial charge in [0.2, 0.25) is 0 Å². The number of hydrazine groups is 1. The van der Waals surface area contributed by atoms with Crippen molar-refractivity contribution in [1.82, 2.24) is 15.4 Å². The molecular formula is C13H16N4O2S2. The first-order chi connectivity index (χ1) is 10.1. The number of nitrogens with zero attached hydrogens (tertiary/aromatic N) is 1. The second-order valence-electron chi connectivity index (χ2n) is 4.32. The molecule has 8 heteroatoms. The van der Waals surface area contributed by atoms with E-state index in [0.717, 1.165) is 23.4 Å². The van der Waals surface area contributed by atoms with Crippen LogP contribution in [0.1, 0.15) is 33.6 Å². The summed E-state index contributed by atoms with van der Waals surface area (Å²) in [7, 11) is 0. The molecule has 2 aromatic heterocycles. The van der Waals surface area contributed by atoms with Gasteiger partial charge in [-0.25, -0.2) is 10.8 Å². The lowest BCUT2D eigenvalue weighted by Crippen LogP contribution is -2.29. The number of hydrogen-bond acceptors (Lipinski definition) is 6. The number of carbonyl (C=O) groups excluding carboxylic acids is 1. The third-order valence-electron chi connectivity index (χ3n) is 2.65. The van der Waals surface area contributed by atoms with Crippen molar-refractivity contribution in [2.24, 2.45) is 5.84 Å². The number of amides is 1. The number of thiophene rings is 1. The Kier molecular flexibility index (Phi) is 5.54. The summed E-state index contributed by atoms with van der Waals surface area (Å²) in [4.78, 5) is 31.6. The van der Waals surface area contributed by atoms with Crippen LogP contribution in [0.2, 0.25) is 0 Å². The second kappa shape index (κ2) is 7.39. The lowest BCUT2D eigenvalue weighted by molar-refractivity contribution is 0.0957. The summed E-state index contributed by atoms with van der Waals surface area (Å²) in [5.41, 5.74) is 2.77. The van der Waals surface area contributed by atoms with Gasteiger partial charge in [0.1, 0.15) is 0 Å². The zero-order valence-corrected chi connectivity index (χ0v) is 13.1. The van der Waals surface area contributed by atoms with Gasteiger partial charge in [0.15, 0.2) is 5.16 Å². The third kappa shape index (κ3) is 4.42. The minimum absolute atomic E-state index is 0.134. The molecule has 6 nitrogen and oxygen atoms in total. The van der Waals surface area contributed by atoms with Gasteiger partial charge in [0.25, 0.3) is 11.5 Å². The molecule has 0 spiro atoms. The average molecular weight is 324 g/mol. The van der Waals surface area contributed by atoms with Gasteiger partial charge in [-0.3, -0.25) is 15.0 Å². The van der Waals surface area contributed by atoms with Crippen molar-refractivity contribution < 1.29 is 4.79 Å². The van der Waals surface area contributed by atoms with E-state index in [4.69, 9.17) is 5.84 Å². The van der Waals surface area contributed by atoms with Gasteiger partial charge in [0.05, 0.1) is 4.88 Å². The van der Waals surface area contributed by atoms with Gasteiger partial charge in [0, 0.05) is 22.4 Å². The molecule has 0 unspecified atom stereocenters. The summed E-state index contributed by atoms with van der Waals surface area (Å²) < 4.78 is 0. The zero-order valence-electron chi connectivity index (χ0n) is 11.5. The van der Waals surface area contributed by atoms with Crippen LogP contribution < -0.4 is 16.8 Å². The van der Waals surface area contributed by atoms with Crippen LogP contribution in [-0.4, -0.2) is 15.9 Å². The Balaban J connectivity index is 2.04. The second-order valence-corrected chi connectivity index (χ2v) is 6.45. The zero-order chi connectivity index (χ0) is 15.2. The number of thioether (sulfide) groups is 1. The first-order valence-electron chi connectivity index (χ1n) is 6.45. The Bertz CT molecular complexity index is 681. The molecule has 0 aliphatic carbocycles. The summed E-state index contributed by atoms with van der Waals surface area (Å²) in [6, 6.07) is 5.13. The quantitative estimate of drug-likeness (QED) is 0.247. The molecule has 2 aromatic rings. The van der Waals surface area contributed by atoms with E-state index in [1.54, 1.807) is 6.07 Å². The highest BCUT2D eigenvalue weighted by Crippen LogP contribution is 2.24. The molecule has 2 heterocycles. The molecule has 2 rings (SSSR count). The lowest BCUT2D eigenvalue weighted by atomic mass is 10.2. The molecule has 1 amide bonds. The minimum atomic E-state index is -0.298. The molecule has 0 atom stereocenters.